The van der Waals surface area contributed by atoms with E-state index in [1.54, 1.807) is 12.1 Å². The van der Waals surface area contributed by atoms with E-state index >= 15 is 0 Å². The highest BCUT2D eigenvalue weighted by Gasteiger charge is 2.30. The van der Waals surface area contributed by atoms with Crippen molar-refractivity contribution in [3.8, 4) is 5.75 Å². The number of nitrogens with two attached hydrogens (primary N) is 1. The molecule has 0 fully saturated rings. The number of aromatic nitrogens is 1. The molecule has 0 radical (unpaired) electrons. The number of anilines is 2. The first kappa shape index (κ1) is 15.3. The minimum absolute atomic E-state index is 0.0346. The number of methoxy groups -OCH3 is 1. The van der Waals surface area contributed by atoms with Crippen LogP contribution < -0.4 is 15.8 Å². The highest BCUT2D eigenvalue weighted by Crippen LogP contribution is 2.35. The maximum absolute atomic E-state index is 12.1. The first-order valence-electron chi connectivity index (χ1n) is 6.73. The van der Waals surface area contributed by atoms with Crippen molar-refractivity contribution < 1.29 is 19.4 Å². The van der Waals surface area contributed by atoms with Gasteiger partial charge >= 0.3 is 0 Å². The number of benzene rings is 1. The minimum atomic E-state index is -0.480. The summed E-state index contributed by atoms with van der Waals surface area (Å²) in [5.41, 5.74) is 7.08. The summed E-state index contributed by atoms with van der Waals surface area (Å²) in [5.74, 6) is -0.420. The van der Waals surface area contributed by atoms with Crippen LogP contribution in [-0.2, 0) is 9.59 Å². The SMILES string of the molecule is COc1cc(NC2=CC(=O)N(CCO)C2=O)cc2sc(N)nc12. The first-order valence-corrected chi connectivity index (χ1v) is 7.54. The second kappa shape index (κ2) is 5.86. The number of carbonyl (C=O) groups is 2. The summed E-state index contributed by atoms with van der Waals surface area (Å²) in [7, 11) is 1.51. The van der Waals surface area contributed by atoms with Gasteiger partial charge < -0.3 is 20.9 Å². The number of fused-ring (bicyclic) bond motifs is 1. The second-order valence-corrected chi connectivity index (χ2v) is 5.84. The Kier molecular flexibility index (Phi) is 3.89. The van der Waals surface area contributed by atoms with E-state index in [2.05, 4.69) is 10.3 Å². The van der Waals surface area contributed by atoms with Crippen molar-refractivity contribution in [2.45, 2.75) is 0 Å². The number of imide groups is 1. The van der Waals surface area contributed by atoms with E-state index in [1.807, 2.05) is 0 Å². The van der Waals surface area contributed by atoms with Gasteiger partial charge in [0, 0.05) is 17.8 Å². The molecule has 8 nitrogen and oxygen atoms in total. The van der Waals surface area contributed by atoms with E-state index < -0.39 is 11.8 Å². The van der Waals surface area contributed by atoms with Gasteiger partial charge in [-0.2, -0.15) is 0 Å². The molecule has 23 heavy (non-hydrogen) atoms. The molecule has 0 atom stereocenters. The van der Waals surface area contributed by atoms with Crippen LogP contribution >= 0.6 is 11.3 Å². The minimum Gasteiger partial charge on any atom is -0.494 e. The Morgan fingerprint density at radius 2 is 2.22 bits per heavy atom. The number of nitrogens with zero attached hydrogens (tertiary/aromatic N) is 2. The van der Waals surface area contributed by atoms with Gasteiger partial charge in [-0.15, -0.1) is 0 Å². The van der Waals surface area contributed by atoms with Crippen molar-refractivity contribution in [3.63, 3.8) is 0 Å². The molecule has 0 saturated carbocycles. The normalized spacial score (nSPS) is 14.5. The number of aliphatic hydroxyl groups excluding tert-OH is 1. The third kappa shape index (κ3) is 2.71. The first-order chi connectivity index (χ1) is 11.0. The van der Waals surface area contributed by atoms with Crippen molar-refractivity contribution in [1.82, 2.24) is 9.88 Å². The van der Waals surface area contributed by atoms with Gasteiger partial charge in [-0.3, -0.25) is 14.5 Å². The number of hydrogen-bond donors (Lipinski definition) is 3. The molecule has 2 amide bonds. The Morgan fingerprint density at radius 3 is 2.91 bits per heavy atom. The van der Waals surface area contributed by atoms with Crippen LogP contribution in [0.15, 0.2) is 23.9 Å². The van der Waals surface area contributed by atoms with Crippen LogP contribution in [-0.4, -0.2) is 47.1 Å². The molecular formula is C14H14N4O4S. The van der Waals surface area contributed by atoms with Gasteiger partial charge in [0.15, 0.2) is 5.13 Å². The number of carbonyl (C=O) groups excluding carboxylic acids is 2. The monoisotopic (exact) mass is 334 g/mol. The standard InChI is InChI=1S/C14H14N4O4S/c1-22-9-4-7(5-10-12(9)17-14(15)23-10)16-8-6-11(20)18(2-3-19)13(8)21/h4-6,16,19H,2-3H2,1H3,(H2,15,17). The second-order valence-electron chi connectivity index (χ2n) is 4.78. The van der Waals surface area contributed by atoms with Crippen molar-refractivity contribution in [3.05, 3.63) is 23.9 Å². The summed E-state index contributed by atoms with van der Waals surface area (Å²) >= 11 is 1.30. The van der Waals surface area contributed by atoms with Gasteiger partial charge in [-0.1, -0.05) is 11.3 Å². The van der Waals surface area contributed by atoms with Crippen molar-refractivity contribution in [2.75, 3.05) is 31.3 Å². The Balaban J connectivity index is 1.91. The molecule has 1 aromatic carbocycles. The van der Waals surface area contributed by atoms with E-state index in [4.69, 9.17) is 15.6 Å². The van der Waals surface area contributed by atoms with Crippen LogP contribution in [0.25, 0.3) is 10.2 Å². The number of nitrogens with one attached hydrogen (secondary N) is 1. The van der Waals surface area contributed by atoms with Crippen LogP contribution in [0.5, 0.6) is 5.75 Å². The van der Waals surface area contributed by atoms with Crippen molar-refractivity contribution >= 4 is 44.2 Å². The molecule has 0 bridgehead atoms. The number of hydrogen-bond acceptors (Lipinski definition) is 8. The van der Waals surface area contributed by atoms with Gasteiger partial charge in [-0.25, -0.2) is 4.98 Å². The maximum Gasteiger partial charge on any atom is 0.277 e. The topological polar surface area (TPSA) is 118 Å². The molecule has 0 aliphatic carbocycles. The van der Waals surface area contributed by atoms with Gasteiger partial charge in [-0.05, 0) is 6.07 Å². The molecule has 1 aromatic heterocycles. The number of β-amino-alcohol motifs (C(OH)–C–C–N with tert-alkyl or cyclic N) is 1. The molecule has 3 rings (SSSR count). The number of nitrogen functional groups attached to an aromatic ring is 1. The average molecular weight is 334 g/mol. The maximum atomic E-state index is 12.1. The van der Waals surface area contributed by atoms with Gasteiger partial charge in [0.25, 0.3) is 11.8 Å². The largest absolute Gasteiger partial charge is 0.494 e. The fraction of sp³-hybridized carbons (Fsp3) is 0.214. The van der Waals surface area contributed by atoms with E-state index in [9.17, 15) is 9.59 Å². The molecule has 0 unspecified atom stereocenters. The molecule has 9 heteroatoms. The molecule has 1 aliphatic rings. The molecule has 0 spiro atoms. The third-order valence-electron chi connectivity index (χ3n) is 3.31. The zero-order chi connectivity index (χ0) is 16.6. The van der Waals surface area contributed by atoms with Crippen LogP contribution in [0, 0.1) is 0 Å². The smallest absolute Gasteiger partial charge is 0.277 e. The zero-order valence-corrected chi connectivity index (χ0v) is 13.0. The molecule has 120 valence electrons. The van der Waals surface area contributed by atoms with Crippen LogP contribution in [0.4, 0.5) is 10.8 Å². The summed E-state index contributed by atoms with van der Waals surface area (Å²) in [4.78, 5) is 29.0. The number of aliphatic hydroxyl groups is 1. The molecule has 0 saturated heterocycles. The lowest BCUT2D eigenvalue weighted by Crippen LogP contribution is -2.34. The quantitative estimate of drug-likeness (QED) is 0.683. The zero-order valence-electron chi connectivity index (χ0n) is 12.2. The summed E-state index contributed by atoms with van der Waals surface area (Å²) in [6.45, 7) is -0.314. The molecule has 4 N–H and O–H groups in total. The number of ether oxygens (including phenoxy) is 1. The Hall–Kier alpha value is -2.65. The summed E-state index contributed by atoms with van der Waals surface area (Å²) in [6, 6.07) is 3.45. The summed E-state index contributed by atoms with van der Waals surface area (Å²) in [6.07, 6.45) is 1.20. The fourth-order valence-electron chi connectivity index (χ4n) is 2.31. The van der Waals surface area contributed by atoms with E-state index in [-0.39, 0.29) is 18.8 Å². The molecule has 1 aliphatic heterocycles. The fourth-order valence-corrected chi connectivity index (χ4v) is 3.10. The Morgan fingerprint density at radius 1 is 1.43 bits per heavy atom. The highest BCUT2D eigenvalue weighted by molar-refractivity contribution is 7.22. The van der Waals surface area contributed by atoms with Crippen molar-refractivity contribution in [2.24, 2.45) is 0 Å². The Labute approximate surface area is 135 Å². The van der Waals surface area contributed by atoms with E-state index in [0.29, 0.717) is 22.1 Å². The third-order valence-corrected chi connectivity index (χ3v) is 4.14. The highest BCUT2D eigenvalue weighted by atomic mass is 32.1. The van der Waals surface area contributed by atoms with Crippen molar-refractivity contribution in [1.29, 1.82) is 0 Å². The van der Waals surface area contributed by atoms with Gasteiger partial charge in [0.05, 0.1) is 25.0 Å². The lowest BCUT2D eigenvalue weighted by atomic mass is 10.2. The Bertz CT molecular complexity index is 830. The van der Waals surface area contributed by atoms with Crippen LogP contribution in [0.2, 0.25) is 0 Å². The van der Waals surface area contributed by atoms with Gasteiger partial charge in [0.1, 0.15) is 17.0 Å². The summed E-state index contributed by atoms with van der Waals surface area (Å²) in [5, 5.41) is 12.2. The molecule has 2 aromatic rings. The molecule has 2 heterocycles. The number of amides is 2. The predicted octanol–water partition coefficient (Wildman–Crippen LogP) is 0.544. The van der Waals surface area contributed by atoms with E-state index in [0.717, 1.165) is 9.60 Å². The van der Waals surface area contributed by atoms with E-state index in [1.165, 1.54) is 24.5 Å². The van der Waals surface area contributed by atoms with Crippen LogP contribution in [0.1, 0.15) is 0 Å². The predicted molar refractivity (Wildman–Crippen MR) is 86.1 cm³/mol. The summed E-state index contributed by atoms with van der Waals surface area (Å²) < 4.78 is 6.09. The number of rotatable bonds is 5. The lowest BCUT2D eigenvalue weighted by Gasteiger charge is -2.13. The number of thiazole rings is 1. The average Bonchev–Trinajstić information content (AvgIpc) is 3.01. The van der Waals surface area contributed by atoms with Gasteiger partial charge in [0.2, 0.25) is 0 Å². The van der Waals surface area contributed by atoms with Crippen LogP contribution in [0.3, 0.4) is 0 Å². The molecular weight excluding hydrogens is 320 g/mol. The lowest BCUT2D eigenvalue weighted by molar-refractivity contribution is -0.137.